The number of aromatic nitrogens is 2. The molecule has 6 bridgehead atoms. The predicted molar refractivity (Wildman–Crippen MR) is 142 cm³/mol. The fraction of sp³-hybridized carbons (Fsp3) is 0.370. The third-order valence-corrected chi connectivity index (χ3v) is 7.26. The van der Waals surface area contributed by atoms with Gasteiger partial charge in [-0.2, -0.15) is 0 Å². The summed E-state index contributed by atoms with van der Waals surface area (Å²) in [7, 11) is 2.06. The van der Waals surface area contributed by atoms with E-state index >= 15 is 0 Å². The van der Waals surface area contributed by atoms with Gasteiger partial charge in [0.15, 0.2) is 6.61 Å². The molecule has 0 aliphatic carbocycles. The van der Waals surface area contributed by atoms with E-state index in [1.807, 2.05) is 29.2 Å². The molecule has 1 amide bonds. The van der Waals surface area contributed by atoms with E-state index in [0.29, 0.717) is 31.5 Å². The molecule has 1 N–H and O–H groups in total. The Morgan fingerprint density at radius 1 is 1.17 bits per heavy atom. The number of amides is 1. The highest BCUT2D eigenvalue weighted by atomic mass is 32.1. The zero-order valence-electron chi connectivity index (χ0n) is 20.5. The third-order valence-electron chi connectivity index (χ3n) is 6.18. The van der Waals surface area contributed by atoms with Crippen LogP contribution < -0.4 is 10.1 Å². The van der Waals surface area contributed by atoms with Gasteiger partial charge < -0.3 is 19.7 Å². The molecule has 0 saturated carbocycles. The van der Waals surface area contributed by atoms with E-state index in [1.165, 1.54) is 0 Å². The molecule has 2 aliphatic heterocycles. The number of hydrogen-bond acceptors (Lipinski definition) is 8. The van der Waals surface area contributed by atoms with Gasteiger partial charge >= 0.3 is 0 Å². The molecule has 4 heterocycles. The van der Waals surface area contributed by atoms with E-state index in [1.54, 1.807) is 17.5 Å². The van der Waals surface area contributed by atoms with Gasteiger partial charge in [0.2, 0.25) is 5.95 Å². The van der Waals surface area contributed by atoms with Gasteiger partial charge in [-0.1, -0.05) is 12.2 Å². The standard InChI is InChI=1S/C27H31N5O3S/c1-31-12-4-5-15-34-18-22-7-9-25(36-22)23-10-11-28-27(30-23)29-21-6-8-24(20(16-21)17-31)35-19-26(33)32-13-2-3-14-32/h4-11,16H,2-3,12-15,17-19H2,1H3,(H,28,29,30)/b5-4-. The van der Waals surface area contributed by atoms with Crippen molar-refractivity contribution in [2.24, 2.45) is 0 Å². The average Bonchev–Trinajstić information content (AvgIpc) is 3.58. The predicted octanol–water partition coefficient (Wildman–Crippen LogP) is 4.47. The number of nitrogens with one attached hydrogen (secondary N) is 1. The molecule has 0 spiro atoms. The van der Waals surface area contributed by atoms with Gasteiger partial charge in [0.1, 0.15) is 5.75 Å². The fourth-order valence-corrected chi connectivity index (χ4v) is 5.22. The van der Waals surface area contributed by atoms with Crippen LogP contribution in [0.15, 0.2) is 54.7 Å². The van der Waals surface area contributed by atoms with Crippen molar-refractivity contribution in [1.82, 2.24) is 19.8 Å². The second-order valence-electron chi connectivity index (χ2n) is 9.04. The van der Waals surface area contributed by atoms with E-state index < -0.39 is 0 Å². The molecule has 0 radical (unpaired) electrons. The molecule has 1 aromatic carbocycles. The summed E-state index contributed by atoms with van der Waals surface area (Å²) >= 11 is 1.67. The Hall–Kier alpha value is -3.27. The number of likely N-dealkylation sites (N-methyl/N-ethyl adjacent to an activating group) is 1. The first-order valence-electron chi connectivity index (χ1n) is 12.3. The molecule has 5 rings (SSSR count). The molecular weight excluding hydrogens is 474 g/mol. The lowest BCUT2D eigenvalue weighted by Gasteiger charge is -2.20. The van der Waals surface area contributed by atoms with Crippen LogP contribution in [0.1, 0.15) is 23.3 Å². The lowest BCUT2D eigenvalue weighted by atomic mass is 10.1. The molecular formula is C27H31N5O3S. The topological polar surface area (TPSA) is 79.8 Å². The molecule has 1 fully saturated rings. The summed E-state index contributed by atoms with van der Waals surface area (Å²) in [4.78, 5) is 28.0. The lowest BCUT2D eigenvalue weighted by Crippen LogP contribution is -2.32. The van der Waals surface area contributed by atoms with Crippen molar-refractivity contribution in [3.05, 3.63) is 65.2 Å². The van der Waals surface area contributed by atoms with Crippen LogP contribution in [0.25, 0.3) is 10.6 Å². The second kappa shape index (κ2) is 11.6. The molecule has 188 valence electrons. The van der Waals surface area contributed by atoms with E-state index in [4.69, 9.17) is 14.5 Å². The molecule has 1 saturated heterocycles. The largest absolute Gasteiger partial charge is 0.483 e. The van der Waals surface area contributed by atoms with Gasteiger partial charge in [0.05, 0.1) is 23.8 Å². The van der Waals surface area contributed by atoms with Gasteiger partial charge in [0.25, 0.3) is 5.91 Å². The summed E-state index contributed by atoms with van der Waals surface area (Å²) in [6.07, 6.45) is 8.06. The molecule has 0 atom stereocenters. The van der Waals surface area contributed by atoms with Gasteiger partial charge in [-0.05, 0) is 56.3 Å². The third kappa shape index (κ3) is 6.29. The van der Waals surface area contributed by atoms with E-state index in [-0.39, 0.29) is 12.5 Å². The van der Waals surface area contributed by atoms with Gasteiger partial charge in [-0.3, -0.25) is 9.69 Å². The zero-order chi connectivity index (χ0) is 24.7. The van der Waals surface area contributed by atoms with Crippen molar-refractivity contribution in [2.75, 3.05) is 45.2 Å². The SMILES string of the molecule is CN1C/C=C\COCc2ccc(s2)-c2ccnc(n2)Nc2ccc(OCC(=O)N3CCCC3)c(c2)C1. The number of likely N-dealkylation sites (tertiary alicyclic amines) is 1. The molecule has 36 heavy (non-hydrogen) atoms. The molecule has 2 aromatic heterocycles. The van der Waals surface area contributed by atoms with Crippen LogP contribution in [0.4, 0.5) is 11.6 Å². The fourth-order valence-electron chi connectivity index (χ4n) is 4.30. The highest BCUT2D eigenvalue weighted by Crippen LogP contribution is 2.29. The summed E-state index contributed by atoms with van der Waals surface area (Å²) in [6.45, 7) is 4.25. The van der Waals surface area contributed by atoms with Crippen LogP contribution >= 0.6 is 11.3 Å². The zero-order valence-corrected chi connectivity index (χ0v) is 21.3. The average molecular weight is 506 g/mol. The number of anilines is 2. The second-order valence-corrected chi connectivity index (χ2v) is 10.2. The Bertz CT molecular complexity index is 1220. The number of fused-ring (bicyclic) bond motifs is 7. The maximum atomic E-state index is 12.5. The smallest absolute Gasteiger partial charge is 0.260 e. The Morgan fingerprint density at radius 2 is 2.06 bits per heavy atom. The first-order chi connectivity index (χ1) is 17.6. The summed E-state index contributed by atoms with van der Waals surface area (Å²) in [5.41, 5.74) is 2.72. The van der Waals surface area contributed by atoms with E-state index in [0.717, 1.165) is 59.2 Å². The number of ether oxygens (including phenoxy) is 2. The minimum atomic E-state index is 0.0420. The summed E-state index contributed by atoms with van der Waals surface area (Å²) in [5.74, 6) is 1.28. The van der Waals surface area contributed by atoms with Crippen LogP contribution in [0.3, 0.4) is 0 Å². The maximum absolute atomic E-state index is 12.5. The van der Waals surface area contributed by atoms with Gasteiger partial charge in [-0.25, -0.2) is 9.97 Å². The summed E-state index contributed by atoms with van der Waals surface area (Å²) < 4.78 is 11.8. The van der Waals surface area contributed by atoms with Crippen LogP contribution in [-0.4, -0.2) is 65.6 Å². The van der Waals surface area contributed by atoms with Crippen LogP contribution in [-0.2, 0) is 22.7 Å². The van der Waals surface area contributed by atoms with Gasteiger partial charge in [0, 0.05) is 48.5 Å². The molecule has 3 aromatic rings. The van der Waals surface area contributed by atoms with Crippen molar-refractivity contribution in [2.45, 2.75) is 26.0 Å². The summed E-state index contributed by atoms with van der Waals surface area (Å²) in [6, 6.07) is 12.0. The van der Waals surface area contributed by atoms with Crippen LogP contribution in [0.5, 0.6) is 5.75 Å². The van der Waals surface area contributed by atoms with Crippen LogP contribution in [0.2, 0.25) is 0 Å². The maximum Gasteiger partial charge on any atom is 0.260 e. The molecule has 0 unspecified atom stereocenters. The number of carbonyl (C=O) groups excluding carboxylic acids is 1. The number of carbonyl (C=O) groups is 1. The van der Waals surface area contributed by atoms with Crippen molar-refractivity contribution >= 4 is 28.9 Å². The van der Waals surface area contributed by atoms with Crippen molar-refractivity contribution in [3.63, 3.8) is 0 Å². The van der Waals surface area contributed by atoms with E-state index in [9.17, 15) is 4.79 Å². The van der Waals surface area contributed by atoms with Crippen molar-refractivity contribution in [1.29, 1.82) is 0 Å². The Morgan fingerprint density at radius 3 is 2.94 bits per heavy atom. The summed E-state index contributed by atoms with van der Waals surface area (Å²) in [5, 5.41) is 3.33. The Labute approximate surface area is 215 Å². The highest BCUT2D eigenvalue weighted by molar-refractivity contribution is 7.15. The lowest BCUT2D eigenvalue weighted by molar-refractivity contribution is -0.132. The first-order valence-corrected chi connectivity index (χ1v) is 13.1. The van der Waals surface area contributed by atoms with E-state index in [2.05, 4.69) is 46.5 Å². The molecule has 2 aliphatic rings. The number of rotatable bonds is 3. The number of thiophene rings is 1. The minimum Gasteiger partial charge on any atom is -0.483 e. The molecule has 9 heteroatoms. The van der Waals surface area contributed by atoms with Crippen molar-refractivity contribution < 1.29 is 14.3 Å². The van der Waals surface area contributed by atoms with Gasteiger partial charge in [-0.15, -0.1) is 11.3 Å². The monoisotopic (exact) mass is 505 g/mol. The number of nitrogens with zero attached hydrogens (tertiary/aromatic N) is 4. The van der Waals surface area contributed by atoms with Crippen molar-refractivity contribution in [3.8, 4) is 16.3 Å². The quantitative estimate of drug-likeness (QED) is 0.526. The molecule has 8 nitrogen and oxygen atoms in total. The first kappa shape index (κ1) is 24.4. The van der Waals surface area contributed by atoms with Crippen LogP contribution in [0, 0.1) is 0 Å². The normalized spacial score (nSPS) is 17.6. The number of benzene rings is 1. The Balaban J connectivity index is 1.39. The minimum absolute atomic E-state index is 0.0420. The number of hydrogen-bond donors (Lipinski definition) is 1. The Kier molecular flexibility index (Phi) is 7.90. The highest BCUT2D eigenvalue weighted by Gasteiger charge is 2.19.